The smallest absolute Gasteiger partial charge is 0.335 e. The van der Waals surface area contributed by atoms with Gasteiger partial charge in [-0.25, -0.2) is 4.79 Å². The van der Waals surface area contributed by atoms with E-state index in [0.29, 0.717) is 34.0 Å². The number of nitrogens with two attached hydrogens (primary N) is 1. The van der Waals surface area contributed by atoms with E-state index in [1.165, 1.54) is 6.07 Å². The summed E-state index contributed by atoms with van der Waals surface area (Å²) in [5, 5.41) is 15.7. The van der Waals surface area contributed by atoms with Crippen LogP contribution in [0.2, 0.25) is 0 Å². The van der Waals surface area contributed by atoms with Crippen LogP contribution in [0.3, 0.4) is 0 Å². The van der Waals surface area contributed by atoms with E-state index in [0.717, 1.165) is 12.8 Å². The zero-order valence-electron chi connectivity index (χ0n) is 17.4. The second-order valence-corrected chi connectivity index (χ2v) is 11.2. The molecule has 0 aromatic heterocycles. The van der Waals surface area contributed by atoms with E-state index in [-0.39, 0.29) is 16.4 Å². The molecule has 0 saturated heterocycles. The summed E-state index contributed by atoms with van der Waals surface area (Å²) in [6.45, 7) is 0.980. The lowest BCUT2D eigenvalue weighted by Gasteiger charge is -2.11. The van der Waals surface area contributed by atoms with Gasteiger partial charge >= 0.3 is 5.97 Å². The minimum absolute atomic E-state index is 0.0334. The minimum Gasteiger partial charge on any atom is -0.478 e. The molecule has 6 N–H and O–H groups in total. The highest BCUT2D eigenvalue weighted by atomic mass is 127. The maximum absolute atomic E-state index is 11.4. The zero-order chi connectivity index (χ0) is 25.5. The molecule has 9 nitrogen and oxygen atoms in total. The topological polar surface area (TPSA) is 159 Å². The van der Waals surface area contributed by atoms with Crippen LogP contribution in [0.1, 0.15) is 10.4 Å². The number of fused-ring (bicyclic) bond motifs is 1. The Morgan fingerprint density at radius 2 is 1.56 bits per heavy atom. The number of amides is 1. The molecule has 0 aliphatic heterocycles. The molecule has 0 unspecified atom stereocenters. The summed E-state index contributed by atoms with van der Waals surface area (Å²) in [4.78, 5) is 21.6. The van der Waals surface area contributed by atoms with Gasteiger partial charge in [0.15, 0.2) is 0 Å². The Morgan fingerprint density at radius 3 is 2.12 bits per heavy atom. The SMILES string of the molecule is Nc1c(I)cc(C(=O)O)cc1I.O=C(CI)NCCNc1cccc2c(S(=O)(=O)O)cccc12. The summed E-state index contributed by atoms with van der Waals surface area (Å²) >= 11 is 6.02. The molecule has 3 aromatic carbocycles. The largest absolute Gasteiger partial charge is 0.478 e. The number of benzene rings is 3. The van der Waals surface area contributed by atoms with Gasteiger partial charge in [-0.05, 0) is 69.4 Å². The lowest BCUT2D eigenvalue weighted by atomic mass is 10.1. The number of hydrogen-bond acceptors (Lipinski definition) is 6. The fourth-order valence-electron chi connectivity index (χ4n) is 2.81. The Bertz CT molecular complexity index is 1300. The predicted molar refractivity (Wildman–Crippen MR) is 157 cm³/mol. The molecule has 0 spiro atoms. The highest BCUT2D eigenvalue weighted by Gasteiger charge is 2.14. The van der Waals surface area contributed by atoms with E-state index in [9.17, 15) is 22.6 Å². The number of anilines is 2. The average Bonchev–Trinajstić information content (AvgIpc) is 2.79. The van der Waals surface area contributed by atoms with Crippen LogP contribution in [0, 0.1) is 7.14 Å². The van der Waals surface area contributed by atoms with Crippen molar-refractivity contribution in [1.82, 2.24) is 5.32 Å². The van der Waals surface area contributed by atoms with Gasteiger partial charge in [0.05, 0.1) is 15.7 Å². The summed E-state index contributed by atoms with van der Waals surface area (Å²) in [6.07, 6.45) is 0. The van der Waals surface area contributed by atoms with Crippen molar-refractivity contribution in [2.75, 3.05) is 28.6 Å². The van der Waals surface area contributed by atoms with Crippen LogP contribution < -0.4 is 16.4 Å². The zero-order valence-corrected chi connectivity index (χ0v) is 24.7. The summed E-state index contributed by atoms with van der Waals surface area (Å²) < 4.78 is 34.1. The van der Waals surface area contributed by atoms with Crippen molar-refractivity contribution in [3.8, 4) is 0 Å². The lowest BCUT2D eigenvalue weighted by Crippen LogP contribution is -2.29. The van der Waals surface area contributed by atoms with Crippen LogP contribution in [-0.2, 0) is 14.9 Å². The molecule has 34 heavy (non-hydrogen) atoms. The van der Waals surface area contributed by atoms with E-state index in [2.05, 4.69) is 10.6 Å². The molecular formula is C21H20I3N3O6S. The third-order valence-corrected chi connectivity index (χ3v) is 7.76. The Morgan fingerprint density at radius 1 is 0.971 bits per heavy atom. The molecule has 0 bridgehead atoms. The quantitative estimate of drug-likeness (QED) is 0.0780. The molecule has 0 atom stereocenters. The van der Waals surface area contributed by atoms with Crippen LogP contribution in [0.25, 0.3) is 10.8 Å². The van der Waals surface area contributed by atoms with Crippen LogP contribution in [-0.4, -0.2) is 47.5 Å². The van der Waals surface area contributed by atoms with Gasteiger partial charge in [-0.15, -0.1) is 0 Å². The molecule has 0 radical (unpaired) electrons. The molecule has 182 valence electrons. The fourth-order valence-corrected chi connectivity index (χ4v) is 5.56. The highest BCUT2D eigenvalue weighted by molar-refractivity contribution is 14.1. The molecule has 0 aliphatic carbocycles. The number of nitrogen functional groups attached to an aromatic ring is 1. The monoisotopic (exact) mass is 823 g/mol. The van der Waals surface area contributed by atoms with Gasteiger partial charge in [0, 0.05) is 36.7 Å². The second kappa shape index (κ2) is 13.0. The highest BCUT2D eigenvalue weighted by Crippen LogP contribution is 2.28. The van der Waals surface area contributed by atoms with Crippen molar-refractivity contribution in [2.45, 2.75) is 4.90 Å². The summed E-state index contributed by atoms with van der Waals surface area (Å²) in [5.74, 6) is -0.959. The van der Waals surface area contributed by atoms with E-state index >= 15 is 0 Å². The molecule has 0 fully saturated rings. The fraction of sp³-hybridized carbons (Fsp3) is 0.143. The van der Waals surface area contributed by atoms with Gasteiger partial charge in [0.2, 0.25) is 5.91 Å². The molecule has 0 heterocycles. The van der Waals surface area contributed by atoms with Crippen molar-refractivity contribution >= 4 is 112 Å². The van der Waals surface area contributed by atoms with Crippen molar-refractivity contribution < 1.29 is 27.7 Å². The third-order valence-electron chi connectivity index (χ3n) is 4.37. The number of carbonyl (C=O) groups excluding carboxylic acids is 1. The molecule has 3 rings (SSSR count). The molecule has 0 saturated carbocycles. The number of rotatable bonds is 7. The maximum Gasteiger partial charge on any atom is 0.335 e. The number of alkyl halides is 1. The van der Waals surface area contributed by atoms with Crippen LogP contribution in [0.4, 0.5) is 11.4 Å². The van der Waals surface area contributed by atoms with E-state index in [1.54, 1.807) is 36.4 Å². The minimum atomic E-state index is -4.27. The van der Waals surface area contributed by atoms with E-state index < -0.39 is 16.1 Å². The van der Waals surface area contributed by atoms with Gasteiger partial charge < -0.3 is 21.5 Å². The summed E-state index contributed by atoms with van der Waals surface area (Å²) in [6, 6.07) is 13.0. The number of halogens is 3. The Hall–Kier alpha value is -1.44. The molecule has 1 amide bonds. The normalized spacial score (nSPS) is 10.8. The van der Waals surface area contributed by atoms with E-state index in [4.69, 9.17) is 10.8 Å². The third kappa shape index (κ3) is 8.06. The maximum atomic E-state index is 11.4. The molecule has 13 heteroatoms. The molecule has 0 aliphatic rings. The first-order chi connectivity index (χ1) is 16.0. The second-order valence-electron chi connectivity index (χ2n) is 6.70. The first-order valence-electron chi connectivity index (χ1n) is 9.49. The number of nitrogens with one attached hydrogen (secondary N) is 2. The predicted octanol–water partition coefficient (Wildman–Crippen LogP) is 4.23. The van der Waals surface area contributed by atoms with E-state index in [1.807, 2.05) is 73.8 Å². The van der Waals surface area contributed by atoms with Crippen LogP contribution in [0.15, 0.2) is 53.4 Å². The van der Waals surface area contributed by atoms with Crippen molar-refractivity contribution in [3.63, 3.8) is 0 Å². The van der Waals surface area contributed by atoms with Gasteiger partial charge in [0.25, 0.3) is 10.1 Å². The Labute approximate surface area is 237 Å². The Balaban J connectivity index is 0.000000287. The summed E-state index contributed by atoms with van der Waals surface area (Å²) in [7, 11) is -4.27. The van der Waals surface area contributed by atoms with Crippen LogP contribution in [0.5, 0.6) is 0 Å². The number of carboxylic acid groups (broad SMARTS) is 1. The van der Waals surface area contributed by atoms with Crippen molar-refractivity contribution in [3.05, 3.63) is 61.2 Å². The van der Waals surface area contributed by atoms with Gasteiger partial charge in [0.1, 0.15) is 4.90 Å². The number of hydrogen-bond donors (Lipinski definition) is 5. The molecule has 3 aromatic rings. The first-order valence-corrected chi connectivity index (χ1v) is 14.6. The van der Waals surface area contributed by atoms with Gasteiger partial charge in [-0.2, -0.15) is 8.42 Å². The van der Waals surface area contributed by atoms with Crippen molar-refractivity contribution in [2.24, 2.45) is 0 Å². The lowest BCUT2D eigenvalue weighted by molar-refractivity contribution is -0.118. The van der Waals surface area contributed by atoms with Gasteiger partial charge in [-0.1, -0.05) is 46.9 Å². The van der Waals surface area contributed by atoms with Crippen molar-refractivity contribution in [1.29, 1.82) is 0 Å². The number of carboxylic acids is 1. The Kier molecular flexibility index (Phi) is 11.0. The standard InChI is InChI=1S/C14H15IN2O4S.C7H5I2NO2/c15-9-14(18)17-8-7-16-12-5-1-4-11-10(12)3-2-6-13(11)22(19,20)21;8-4-1-3(7(11)12)2-5(9)6(4)10/h1-6,16H,7-9H2,(H,17,18)(H,19,20,21);1-2H,10H2,(H,11,12). The van der Waals surface area contributed by atoms with Crippen LogP contribution >= 0.6 is 67.8 Å². The summed E-state index contributed by atoms with van der Waals surface area (Å²) in [5.41, 5.74) is 7.30. The number of aromatic carboxylic acids is 1. The first kappa shape index (κ1) is 28.8. The van der Waals surface area contributed by atoms with Gasteiger partial charge in [-0.3, -0.25) is 9.35 Å². The number of carbonyl (C=O) groups is 2. The molecular weight excluding hydrogens is 803 g/mol. The average molecular weight is 823 g/mol.